The van der Waals surface area contributed by atoms with E-state index in [0.717, 1.165) is 12.1 Å². The Morgan fingerprint density at radius 2 is 2.10 bits per heavy atom. The van der Waals surface area contributed by atoms with Crippen LogP contribution in [0.4, 0.5) is 16.2 Å². The van der Waals surface area contributed by atoms with Gasteiger partial charge < -0.3 is 15.7 Å². The summed E-state index contributed by atoms with van der Waals surface area (Å²) in [5.41, 5.74) is 3.78. The molecule has 0 radical (unpaired) electrons. The van der Waals surface area contributed by atoms with Crippen molar-refractivity contribution >= 4 is 17.4 Å². The summed E-state index contributed by atoms with van der Waals surface area (Å²) in [5, 5.41) is 18.3. The van der Waals surface area contributed by atoms with Crippen molar-refractivity contribution in [1.82, 2.24) is 9.78 Å². The van der Waals surface area contributed by atoms with E-state index in [2.05, 4.69) is 29.6 Å². The third-order valence-electron chi connectivity index (χ3n) is 3.21. The van der Waals surface area contributed by atoms with Gasteiger partial charge in [0, 0.05) is 11.9 Å². The molecular weight excluding hydrogens is 268 g/mol. The van der Waals surface area contributed by atoms with Crippen molar-refractivity contribution < 1.29 is 9.90 Å². The first-order valence-corrected chi connectivity index (χ1v) is 6.93. The Kier molecular flexibility index (Phi) is 4.94. The van der Waals surface area contributed by atoms with E-state index in [-0.39, 0.29) is 12.6 Å². The Bertz CT molecular complexity index is 622. The smallest absolute Gasteiger partial charge is 0.323 e. The molecular formula is C15H20N4O2. The zero-order valence-electron chi connectivity index (χ0n) is 12.3. The first kappa shape index (κ1) is 15.1. The molecule has 0 unspecified atom stereocenters. The quantitative estimate of drug-likeness (QED) is 0.790. The van der Waals surface area contributed by atoms with Crippen LogP contribution < -0.4 is 10.6 Å². The van der Waals surface area contributed by atoms with Crippen LogP contribution in [0.5, 0.6) is 0 Å². The second-order valence-electron chi connectivity index (χ2n) is 4.79. The number of nitrogens with one attached hydrogen (secondary N) is 2. The minimum atomic E-state index is -0.315. The number of anilines is 2. The van der Waals surface area contributed by atoms with Gasteiger partial charge in [-0.15, -0.1) is 0 Å². The summed E-state index contributed by atoms with van der Waals surface area (Å²) in [7, 11) is 0. The second-order valence-corrected chi connectivity index (χ2v) is 4.79. The maximum atomic E-state index is 11.9. The van der Waals surface area contributed by atoms with Crippen LogP contribution in [0.1, 0.15) is 18.1 Å². The molecule has 0 bridgehead atoms. The Hall–Kier alpha value is -2.34. The third kappa shape index (κ3) is 4.06. The summed E-state index contributed by atoms with van der Waals surface area (Å²) in [5.74, 6) is 0. The molecule has 3 N–H and O–H groups in total. The van der Waals surface area contributed by atoms with Crippen molar-refractivity contribution in [3.8, 4) is 0 Å². The topological polar surface area (TPSA) is 79.2 Å². The summed E-state index contributed by atoms with van der Waals surface area (Å²) >= 11 is 0. The minimum Gasteiger partial charge on any atom is -0.394 e. The van der Waals surface area contributed by atoms with Crippen molar-refractivity contribution in [2.45, 2.75) is 26.8 Å². The lowest BCUT2D eigenvalue weighted by atomic mass is 10.1. The van der Waals surface area contributed by atoms with Gasteiger partial charge in [0.1, 0.15) is 0 Å². The van der Waals surface area contributed by atoms with E-state index in [1.54, 1.807) is 17.1 Å². The molecule has 2 rings (SSSR count). The molecule has 1 heterocycles. The summed E-state index contributed by atoms with van der Waals surface area (Å²) < 4.78 is 1.57. The fraction of sp³-hybridized carbons (Fsp3) is 0.333. The Morgan fingerprint density at radius 3 is 2.81 bits per heavy atom. The predicted molar refractivity (Wildman–Crippen MR) is 82.5 cm³/mol. The van der Waals surface area contributed by atoms with Crippen molar-refractivity contribution in [3.05, 3.63) is 41.7 Å². The molecule has 0 fully saturated rings. The van der Waals surface area contributed by atoms with Crippen LogP contribution in [0.3, 0.4) is 0 Å². The molecule has 0 atom stereocenters. The standard InChI is InChI=1S/C15H20N4O2/c1-3-12-8-13(5-4-11(12)2)17-15(21)18-14-9-16-19(10-14)6-7-20/h4-5,8-10,20H,3,6-7H2,1-2H3,(H2,17,18,21). The largest absolute Gasteiger partial charge is 0.394 e. The van der Waals surface area contributed by atoms with E-state index in [9.17, 15) is 4.79 Å². The van der Waals surface area contributed by atoms with Crippen LogP contribution in [-0.4, -0.2) is 27.5 Å². The highest BCUT2D eigenvalue weighted by atomic mass is 16.3. The first-order valence-electron chi connectivity index (χ1n) is 6.93. The van der Waals surface area contributed by atoms with Gasteiger partial charge in [0.05, 0.1) is 25.0 Å². The third-order valence-corrected chi connectivity index (χ3v) is 3.21. The van der Waals surface area contributed by atoms with Crippen LogP contribution in [0, 0.1) is 6.92 Å². The van der Waals surface area contributed by atoms with E-state index in [0.29, 0.717) is 12.2 Å². The highest BCUT2D eigenvalue weighted by Gasteiger charge is 2.06. The Labute approximate surface area is 123 Å². The Morgan fingerprint density at radius 1 is 1.33 bits per heavy atom. The lowest BCUT2D eigenvalue weighted by molar-refractivity contribution is 0.262. The van der Waals surface area contributed by atoms with Gasteiger partial charge in [0.15, 0.2) is 0 Å². The number of benzene rings is 1. The highest BCUT2D eigenvalue weighted by molar-refractivity contribution is 5.99. The molecule has 2 amide bonds. The number of carbonyl (C=O) groups is 1. The van der Waals surface area contributed by atoms with Crippen molar-refractivity contribution in [2.75, 3.05) is 17.2 Å². The van der Waals surface area contributed by atoms with Crippen molar-refractivity contribution in [3.63, 3.8) is 0 Å². The van der Waals surface area contributed by atoms with Crippen LogP contribution in [0.25, 0.3) is 0 Å². The monoisotopic (exact) mass is 288 g/mol. The lowest BCUT2D eigenvalue weighted by Crippen LogP contribution is -2.19. The van der Waals surface area contributed by atoms with Gasteiger partial charge in [0.2, 0.25) is 0 Å². The second kappa shape index (κ2) is 6.90. The number of amides is 2. The fourth-order valence-corrected chi connectivity index (χ4v) is 2.08. The molecule has 6 nitrogen and oxygen atoms in total. The number of aliphatic hydroxyl groups excluding tert-OH is 1. The van der Waals surface area contributed by atoms with Crippen LogP contribution in [-0.2, 0) is 13.0 Å². The average molecular weight is 288 g/mol. The molecule has 0 aliphatic heterocycles. The summed E-state index contributed by atoms with van der Waals surface area (Å²) in [4.78, 5) is 11.9. The number of hydrogen-bond acceptors (Lipinski definition) is 3. The van der Waals surface area contributed by atoms with Gasteiger partial charge >= 0.3 is 6.03 Å². The number of urea groups is 1. The van der Waals surface area contributed by atoms with E-state index < -0.39 is 0 Å². The van der Waals surface area contributed by atoms with Crippen LogP contribution in [0.15, 0.2) is 30.6 Å². The van der Waals surface area contributed by atoms with E-state index in [1.807, 2.05) is 18.2 Å². The molecule has 0 saturated carbocycles. The van der Waals surface area contributed by atoms with Gasteiger partial charge in [-0.25, -0.2) is 4.79 Å². The molecule has 0 aliphatic rings. The molecule has 0 aliphatic carbocycles. The molecule has 0 saturated heterocycles. The summed E-state index contributed by atoms with van der Waals surface area (Å²) in [6.07, 6.45) is 4.14. The molecule has 1 aromatic carbocycles. The van der Waals surface area contributed by atoms with Gasteiger partial charge in [0.25, 0.3) is 0 Å². The predicted octanol–water partition coefficient (Wildman–Crippen LogP) is 2.39. The van der Waals surface area contributed by atoms with Gasteiger partial charge in [-0.2, -0.15) is 5.10 Å². The maximum Gasteiger partial charge on any atom is 0.323 e. The Balaban J connectivity index is 1.97. The normalized spacial score (nSPS) is 10.4. The lowest BCUT2D eigenvalue weighted by Gasteiger charge is -2.09. The molecule has 1 aromatic heterocycles. The van der Waals surface area contributed by atoms with E-state index >= 15 is 0 Å². The molecule has 2 aromatic rings. The first-order chi connectivity index (χ1) is 10.1. The molecule has 6 heteroatoms. The summed E-state index contributed by atoms with van der Waals surface area (Å²) in [6, 6.07) is 5.53. The average Bonchev–Trinajstić information content (AvgIpc) is 2.88. The van der Waals surface area contributed by atoms with Crippen LogP contribution >= 0.6 is 0 Å². The zero-order valence-corrected chi connectivity index (χ0v) is 12.3. The minimum absolute atomic E-state index is 0.0104. The van der Waals surface area contributed by atoms with Gasteiger partial charge in [-0.3, -0.25) is 4.68 Å². The van der Waals surface area contributed by atoms with Crippen LogP contribution in [0.2, 0.25) is 0 Å². The maximum absolute atomic E-state index is 11.9. The fourth-order valence-electron chi connectivity index (χ4n) is 2.08. The van der Waals surface area contributed by atoms with Gasteiger partial charge in [-0.05, 0) is 36.6 Å². The number of hydrogen-bond donors (Lipinski definition) is 3. The zero-order chi connectivity index (χ0) is 15.2. The number of aryl methyl sites for hydroxylation is 2. The number of nitrogens with zero attached hydrogens (tertiary/aromatic N) is 2. The number of rotatable bonds is 5. The van der Waals surface area contributed by atoms with E-state index in [4.69, 9.17) is 5.11 Å². The van der Waals surface area contributed by atoms with E-state index in [1.165, 1.54) is 11.1 Å². The number of carbonyl (C=O) groups excluding carboxylic acids is 1. The van der Waals surface area contributed by atoms with Crippen molar-refractivity contribution in [1.29, 1.82) is 0 Å². The van der Waals surface area contributed by atoms with Crippen molar-refractivity contribution in [2.24, 2.45) is 0 Å². The SMILES string of the molecule is CCc1cc(NC(=O)Nc2cnn(CCO)c2)ccc1C. The molecule has 112 valence electrons. The number of aromatic nitrogens is 2. The highest BCUT2D eigenvalue weighted by Crippen LogP contribution is 2.16. The molecule has 0 spiro atoms. The number of aliphatic hydroxyl groups is 1. The van der Waals surface area contributed by atoms with Gasteiger partial charge in [-0.1, -0.05) is 13.0 Å². The molecule has 21 heavy (non-hydrogen) atoms. The summed E-state index contributed by atoms with van der Waals surface area (Å²) in [6.45, 7) is 4.55.